The van der Waals surface area contributed by atoms with Crippen LogP contribution in [0.2, 0.25) is 0 Å². The van der Waals surface area contributed by atoms with Crippen molar-refractivity contribution in [2.45, 2.75) is 33.1 Å². The Hall–Kier alpha value is -0.0800. The van der Waals surface area contributed by atoms with E-state index >= 15 is 0 Å². The highest BCUT2D eigenvalue weighted by Gasteiger charge is 2.44. The zero-order valence-electron chi connectivity index (χ0n) is 9.60. The normalized spacial score (nSPS) is 29.1. The monoisotopic (exact) mass is 196 g/mol. The highest BCUT2D eigenvalue weighted by Crippen LogP contribution is 2.50. The van der Waals surface area contributed by atoms with Gasteiger partial charge < -0.3 is 10.6 Å². The average Bonchev–Trinajstić information content (AvgIpc) is 2.98. The summed E-state index contributed by atoms with van der Waals surface area (Å²) in [7, 11) is 0. The van der Waals surface area contributed by atoms with E-state index in [1.54, 1.807) is 0 Å². The predicted molar refractivity (Wildman–Crippen MR) is 60.4 cm³/mol. The Morgan fingerprint density at radius 2 is 1.64 bits per heavy atom. The lowest BCUT2D eigenvalue weighted by Crippen LogP contribution is -2.30. The molecule has 2 fully saturated rings. The van der Waals surface area contributed by atoms with Crippen molar-refractivity contribution in [3.63, 3.8) is 0 Å². The maximum Gasteiger partial charge on any atom is 0.00768 e. The lowest BCUT2D eigenvalue weighted by Gasteiger charge is -2.07. The van der Waals surface area contributed by atoms with Gasteiger partial charge in [0.1, 0.15) is 0 Å². The molecule has 0 radical (unpaired) electrons. The summed E-state index contributed by atoms with van der Waals surface area (Å²) in [5.74, 6) is 1.95. The summed E-state index contributed by atoms with van der Waals surface area (Å²) in [6.45, 7) is 9.48. The lowest BCUT2D eigenvalue weighted by molar-refractivity contribution is 0.510. The third-order valence-corrected chi connectivity index (χ3v) is 3.72. The van der Waals surface area contributed by atoms with E-state index in [0.717, 1.165) is 24.9 Å². The smallest absolute Gasteiger partial charge is 0.00768 e. The fourth-order valence-electron chi connectivity index (χ4n) is 2.01. The minimum Gasteiger partial charge on any atom is -0.315 e. The van der Waals surface area contributed by atoms with Gasteiger partial charge in [-0.05, 0) is 49.6 Å². The molecule has 0 aromatic rings. The van der Waals surface area contributed by atoms with Crippen LogP contribution in [0.4, 0.5) is 0 Å². The Kier molecular flexibility index (Phi) is 3.13. The molecule has 14 heavy (non-hydrogen) atoms. The number of hydrogen-bond acceptors (Lipinski definition) is 2. The van der Waals surface area contributed by atoms with Gasteiger partial charge in [-0.1, -0.05) is 13.8 Å². The van der Waals surface area contributed by atoms with E-state index in [-0.39, 0.29) is 0 Å². The molecule has 2 saturated carbocycles. The number of nitrogens with one attached hydrogen (secondary N) is 2. The second kappa shape index (κ2) is 4.19. The quantitative estimate of drug-likeness (QED) is 0.605. The molecule has 0 spiro atoms. The van der Waals surface area contributed by atoms with Crippen molar-refractivity contribution in [3.05, 3.63) is 0 Å². The Morgan fingerprint density at radius 3 is 2.14 bits per heavy atom. The van der Waals surface area contributed by atoms with Crippen LogP contribution in [0.25, 0.3) is 0 Å². The molecule has 0 heterocycles. The Morgan fingerprint density at radius 1 is 1.07 bits per heavy atom. The standard InChI is InChI=1S/C12H24N2/c1-12(2)7-11(12)9-14-6-5-13-8-10-3-4-10/h10-11,13-14H,3-9H2,1-2H3. The van der Waals surface area contributed by atoms with Crippen molar-refractivity contribution in [2.75, 3.05) is 26.2 Å². The van der Waals surface area contributed by atoms with E-state index in [1.165, 1.54) is 32.4 Å². The molecule has 2 aliphatic carbocycles. The lowest BCUT2D eigenvalue weighted by atomic mass is 10.1. The van der Waals surface area contributed by atoms with Crippen LogP contribution in [0.15, 0.2) is 0 Å². The first-order valence-corrected chi connectivity index (χ1v) is 6.10. The second-order valence-electron chi connectivity index (χ2n) is 5.74. The maximum absolute atomic E-state index is 3.53. The van der Waals surface area contributed by atoms with Gasteiger partial charge in [-0.3, -0.25) is 0 Å². The van der Waals surface area contributed by atoms with Crippen LogP contribution in [0.5, 0.6) is 0 Å². The largest absolute Gasteiger partial charge is 0.315 e. The van der Waals surface area contributed by atoms with Crippen molar-refractivity contribution in [3.8, 4) is 0 Å². The van der Waals surface area contributed by atoms with Gasteiger partial charge in [0.25, 0.3) is 0 Å². The molecule has 2 nitrogen and oxygen atoms in total. The molecule has 1 unspecified atom stereocenters. The Labute approximate surface area is 87.8 Å². The van der Waals surface area contributed by atoms with Gasteiger partial charge in [-0.25, -0.2) is 0 Å². The molecule has 82 valence electrons. The summed E-state index contributed by atoms with van der Waals surface area (Å²) in [5.41, 5.74) is 0.633. The second-order valence-corrected chi connectivity index (χ2v) is 5.74. The van der Waals surface area contributed by atoms with Crippen molar-refractivity contribution < 1.29 is 0 Å². The van der Waals surface area contributed by atoms with Gasteiger partial charge in [0.15, 0.2) is 0 Å². The molecule has 2 N–H and O–H groups in total. The fraction of sp³-hybridized carbons (Fsp3) is 1.00. The van der Waals surface area contributed by atoms with Crippen LogP contribution in [0.3, 0.4) is 0 Å². The molecular weight excluding hydrogens is 172 g/mol. The predicted octanol–water partition coefficient (Wildman–Crippen LogP) is 1.62. The molecule has 0 bridgehead atoms. The van der Waals surface area contributed by atoms with Gasteiger partial charge in [-0.15, -0.1) is 0 Å². The van der Waals surface area contributed by atoms with Crippen molar-refractivity contribution >= 4 is 0 Å². The van der Waals surface area contributed by atoms with E-state index in [4.69, 9.17) is 0 Å². The van der Waals surface area contributed by atoms with E-state index in [1.807, 2.05) is 0 Å². The topological polar surface area (TPSA) is 24.1 Å². The Bertz CT molecular complexity index is 185. The van der Waals surface area contributed by atoms with Gasteiger partial charge in [0.05, 0.1) is 0 Å². The number of hydrogen-bond donors (Lipinski definition) is 2. The maximum atomic E-state index is 3.53. The SMILES string of the molecule is CC1(C)CC1CNCCNCC1CC1. The van der Waals surface area contributed by atoms with Crippen LogP contribution in [0.1, 0.15) is 33.1 Å². The molecule has 1 atom stereocenters. The first kappa shape index (κ1) is 10.4. The molecule has 2 aliphatic rings. The summed E-state index contributed by atoms with van der Waals surface area (Å²) >= 11 is 0. The molecule has 0 saturated heterocycles. The average molecular weight is 196 g/mol. The molecule has 2 rings (SSSR count). The third-order valence-electron chi connectivity index (χ3n) is 3.72. The van der Waals surface area contributed by atoms with Crippen molar-refractivity contribution in [1.29, 1.82) is 0 Å². The van der Waals surface area contributed by atoms with Crippen LogP contribution in [-0.4, -0.2) is 26.2 Å². The highest BCUT2D eigenvalue weighted by atomic mass is 15.0. The van der Waals surface area contributed by atoms with Crippen LogP contribution < -0.4 is 10.6 Å². The van der Waals surface area contributed by atoms with Gasteiger partial charge in [-0.2, -0.15) is 0 Å². The van der Waals surface area contributed by atoms with Gasteiger partial charge in [0, 0.05) is 13.1 Å². The van der Waals surface area contributed by atoms with E-state index in [0.29, 0.717) is 5.41 Å². The summed E-state index contributed by atoms with van der Waals surface area (Å²) < 4.78 is 0. The third kappa shape index (κ3) is 3.25. The molecular formula is C12H24N2. The summed E-state index contributed by atoms with van der Waals surface area (Å²) in [4.78, 5) is 0. The van der Waals surface area contributed by atoms with E-state index in [2.05, 4.69) is 24.5 Å². The van der Waals surface area contributed by atoms with Gasteiger partial charge in [0.2, 0.25) is 0 Å². The zero-order chi connectivity index (χ0) is 10.0. The first-order chi connectivity index (χ1) is 6.68. The Balaban J connectivity index is 1.36. The van der Waals surface area contributed by atoms with Crippen LogP contribution in [-0.2, 0) is 0 Å². The molecule has 0 aromatic heterocycles. The fourth-order valence-corrected chi connectivity index (χ4v) is 2.01. The minimum atomic E-state index is 0.633. The minimum absolute atomic E-state index is 0.633. The number of rotatable bonds is 7. The highest BCUT2D eigenvalue weighted by molar-refractivity contribution is 4.96. The zero-order valence-corrected chi connectivity index (χ0v) is 9.60. The van der Waals surface area contributed by atoms with Gasteiger partial charge >= 0.3 is 0 Å². The summed E-state index contributed by atoms with van der Waals surface area (Å²) in [6, 6.07) is 0. The van der Waals surface area contributed by atoms with Crippen molar-refractivity contribution in [1.82, 2.24) is 10.6 Å². The van der Waals surface area contributed by atoms with E-state index < -0.39 is 0 Å². The molecule has 0 amide bonds. The summed E-state index contributed by atoms with van der Waals surface area (Å²) in [5, 5.41) is 7.03. The van der Waals surface area contributed by atoms with Crippen LogP contribution in [0, 0.1) is 17.3 Å². The molecule has 0 aliphatic heterocycles. The van der Waals surface area contributed by atoms with Crippen LogP contribution >= 0.6 is 0 Å². The van der Waals surface area contributed by atoms with Crippen molar-refractivity contribution in [2.24, 2.45) is 17.3 Å². The molecule has 2 heteroatoms. The summed E-state index contributed by atoms with van der Waals surface area (Å²) in [6.07, 6.45) is 4.32. The van der Waals surface area contributed by atoms with E-state index in [9.17, 15) is 0 Å². The first-order valence-electron chi connectivity index (χ1n) is 6.10. The molecule has 0 aromatic carbocycles.